The van der Waals surface area contributed by atoms with Crippen LogP contribution < -0.4 is 15.2 Å². The first-order valence-corrected chi connectivity index (χ1v) is 10.7. The number of nitrogens with zero attached hydrogens (tertiary/aromatic N) is 4. The number of fused-ring (bicyclic) bond motifs is 1. The van der Waals surface area contributed by atoms with E-state index in [1.807, 2.05) is 6.07 Å². The molecule has 2 aromatic heterocycles. The van der Waals surface area contributed by atoms with Crippen molar-refractivity contribution in [2.24, 2.45) is 7.05 Å². The zero-order valence-electron chi connectivity index (χ0n) is 18.7. The number of H-pyrrole nitrogens is 1. The van der Waals surface area contributed by atoms with Crippen molar-refractivity contribution in [1.82, 2.24) is 19.7 Å². The third-order valence-electron chi connectivity index (χ3n) is 6.63. The molecule has 0 radical (unpaired) electrons. The average molecular weight is 428 g/mol. The molecule has 3 atom stereocenters. The summed E-state index contributed by atoms with van der Waals surface area (Å²) in [5, 5.41) is 7.24. The molecule has 166 valence electrons. The molecular formula is C23H30FN5O2. The Hall–Kier alpha value is -2.87. The lowest BCUT2D eigenvalue weighted by Gasteiger charge is -2.48. The lowest BCUT2D eigenvalue weighted by Crippen LogP contribution is -2.58. The summed E-state index contributed by atoms with van der Waals surface area (Å²) >= 11 is 0. The van der Waals surface area contributed by atoms with E-state index in [4.69, 9.17) is 4.74 Å². The minimum absolute atomic E-state index is 0.0454. The molecule has 1 N–H and O–H groups in total. The zero-order valence-corrected chi connectivity index (χ0v) is 18.7. The third-order valence-corrected chi connectivity index (χ3v) is 6.63. The monoisotopic (exact) mass is 427 g/mol. The molecule has 1 aromatic carbocycles. The van der Waals surface area contributed by atoms with Gasteiger partial charge in [-0.05, 0) is 26.3 Å². The number of aryl methyl sites for hydroxylation is 1. The summed E-state index contributed by atoms with van der Waals surface area (Å²) in [6, 6.07) is 6.97. The first kappa shape index (κ1) is 21.4. The molecule has 0 aliphatic carbocycles. The van der Waals surface area contributed by atoms with Crippen molar-refractivity contribution in [2.45, 2.75) is 45.3 Å². The van der Waals surface area contributed by atoms with E-state index in [2.05, 4.69) is 40.8 Å². The normalized spacial score (nSPS) is 20.9. The van der Waals surface area contributed by atoms with E-state index in [-0.39, 0.29) is 29.5 Å². The van der Waals surface area contributed by atoms with E-state index in [1.165, 1.54) is 12.1 Å². The van der Waals surface area contributed by atoms with Crippen molar-refractivity contribution < 1.29 is 9.13 Å². The van der Waals surface area contributed by atoms with Crippen molar-refractivity contribution in [1.29, 1.82) is 0 Å². The molecule has 31 heavy (non-hydrogen) atoms. The standard InChI is InChI=1S/C23H30FN5O2/c1-6-17-13-28(19-10-22(30)27(4)20-11-25-26-23(19)20)14(2)12-29(17)15(3)18-8-7-16(24)9-21(18)31-5/h7-11,14-15,17H,6,12-13H2,1-5H3,(H,25,26)/t14-,15?,17+/m0/s1. The van der Waals surface area contributed by atoms with Gasteiger partial charge < -0.3 is 14.2 Å². The Morgan fingerprint density at radius 1 is 1.32 bits per heavy atom. The van der Waals surface area contributed by atoms with Crippen LogP contribution in [0.1, 0.15) is 38.8 Å². The number of nitrogens with one attached hydrogen (secondary N) is 1. The smallest absolute Gasteiger partial charge is 0.252 e. The van der Waals surface area contributed by atoms with Crippen LogP contribution in [-0.4, -0.2) is 51.9 Å². The molecular weight excluding hydrogens is 397 g/mol. The summed E-state index contributed by atoms with van der Waals surface area (Å²) in [5.41, 5.74) is 3.51. The summed E-state index contributed by atoms with van der Waals surface area (Å²) < 4.78 is 20.8. The van der Waals surface area contributed by atoms with Crippen LogP contribution in [0, 0.1) is 5.82 Å². The highest BCUT2D eigenvalue weighted by molar-refractivity contribution is 5.88. The Morgan fingerprint density at radius 2 is 2.10 bits per heavy atom. The van der Waals surface area contributed by atoms with Gasteiger partial charge in [-0.15, -0.1) is 0 Å². The molecule has 7 nitrogen and oxygen atoms in total. The number of benzene rings is 1. The number of pyridine rings is 1. The van der Waals surface area contributed by atoms with Gasteiger partial charge in [0.25, 0.3) is 5.56 Å². The number of rotatable bonds is 5. The molecule has 0 spiro atoms. The van der Waals surface area contributed by atoms with Gasteiger partial charge in [0.15, 0.2) is 0 Å². The maximum absolute atomic E-state index is 13.7. The van der Waals surface area contributed by atoms with Crippen LogP contribution in [0.25, 0.3) is 11.0 Å². The topological polar surface area (TPSA) is 66.4 Å². The van der Waals surface area contributed by atoms with Crippen LogP contribution in [0.15, 0.2) is 35.3 Å². The third kappa shape index (κ3) is 3.69. The fourth-order valence-corrected chi connectivity index (χ4v) is 4.80. The Bertz CT molecular complexity index is 1140. The SMILES string of the molecule is CC[C@@H]1CN(c2cc(=O)n(C)c3cn[nH]c23)[C@@H](C)CN1C(C)c1ccc(F)cc1OC. The number of methoxy groups -OCH3 is 1. The molecule has 1 saturated heterocycles. The molecule has 1 aliphatic rings. The average Bonchev–Trinajstić information content (AvgIpc) is 3.26. The van der Waals surface area contributed by atoms with Crippen LogP contribution in [0.5, 0.6) is 5.75 Å². The maximum Gasteiger partial charge on any atom is 0.252 e. The summed E-state index contributed by atoms with van der Waals surface area (Å²) in [6.07, 6.45) is 2.65. The number of ether oxygens (including phenoxy) is 1. The lowest BCUT2D eigenvalue weighted by molar-refractivity contribution is 0.104. The summed E-state index contributed by atoms with van der Waals surface area (Å²) in [4.78, 5) is 17.3. The predicted molar refractivity (Wildman–Crippen MR) is 120 cm³/mol. The summed E-state index contributed by atoms with van der Waals surface area (Å²) in [6.45, 7) is 8.09. The largest absolute Gasteiger partial charge is 0.496 e. The fourth-order valence-electron chi connectivity index (χ4n) is 4.80. The van der Waals surface area contributed by atoms with Crippen molar-refractivity contribution >= 4 is 16.7 Å². The highest BCUT2D eigenvalue weighted by atomic mass is 19.1. The van der Waals surface area contributed by atoms with Crippen LogP contribution in [0.3, 0.4) is 0 Å². The first-order chi connectivity index (χ1) is 14.8. The number of halogens is 1. The lowest BCUT2D eigenvalue weighted by atomic mass is 9.97. The Morgan fingerprint density at radius 3 is 2.81 bits per heavy atom. The van der Waals surface area contributed by atoms with Crippen LogP contribution in [0.4, 0.5) is 10.1 Å². The van der Waals surface area contributed by atoms with Gasteiger partial charge >= 0.3 is 0 Å². The van der Waals surface area contributed by atoms with E-state index in [0.29, 0.717) is 5.75 Å². The van der Waals surface area contributed by atoms with Gasteiger partial charge in [0.2, 0.25) is 0 Å². The highest BCUT2D eigenvalue weighted by Gasteiger charge is 2.35. The van der Waals surface area contributed by atoms with Gasteiger partial charge in [-0.2, -0.15) is 5.10 Å². The van der Waals surface area contributed by atoms with Crippen molar-refractivity contribution in [2.75, 3.05) is 25.1 Å². The van der Waals surface area contributed by atoms with E-state index in [1.54, 1.807) is 31.0 Å². The Labute approximate surface area is 181 Å². The van der Waals surface area contributed by atoms with Gasteiger partial charge in [-0.25, -0.2) is 4.39 Å². The van der Waals surface area contributed by atoms with Gasteiger partial charge in [-0.1, -0.05) is 13.0 Å². The van der Waals surface area contributed by atoms with Crippen LogP contribution in [-0.2, 0) is 7.05 Å². The quantitative estimate of drug-likeness (QED) is 0.676. The van der Waals surface area contributed by atoms with Crippen molar-refractivity contribution in [3.63, 3.8) is 0 Å². The molecule has 0 amide bonds. The minimum Gasteiger partial charge on any atom is -0.496 e. The second-order valence-electron chi connectivity index (χ2n) is 8.38. The molecule has 4 rings (SSSR count). The van der Waals surface area contributed by atoms with Crippen LogP contribution in [0.2, 0.25) is 0 Å². The number of anilines is 1. The predicted octanol–water partition coefficient (Wildman–Crippen LogP) is 3.46. The number of hydrogen-bond acceptors (Lipinski definition) is 5. The van der Waals surface area contributed by atoms with Crippen LogP contribution >= 0.6 is 0 Å². The second-order valence-corrected chi connectivity index (χ2v) is 8.38. The van der Waals surface area contributed by atoms with Crippen molar-refractivity contribution in [3.8, 4) is 5.75 Å². The molecule has 0 bridgehead atoms. The summed E-state index contributed by atoms with van der Waals surface area (Å²) in [7, 11) is 3.34. The van der Waals surface area contributed by atoms with Crippen molar-refractivity contribution in [3.05, 3.63) is 52.2 Å². The highest BCUT2D eigenvalue weighted by Crippen LogP contribution is 2.36. The molecule has 3 aromatic rings. The Kier molecular flexibility index (Phi) is 5.75. The molecule has 0 saturated carbocycles. The second kappa shape index (κ2) is 8.34. The molecule has 1 unspecified atom stereocenters. The Balaban J connectivity index is 1.67. The molecule has 1 fully saturated rings. The van der Waals surface area contributed by atoms with E-state index < -0.39 is 0 Å². The van der Waals surface area contributed by atoms with E-state index in [0.717, 1.165) is 41.8 Å². The molecule has 8 heteroatoms. The number of hydrogen-bond donors (Lipinski definition) is 1. The molecule has 3 heterocycles. The minimum atomic E-state index is -0.299. The first-order valence-electron chi connectivity index (χ1n) is 10.7. The van der Waals surface area contributed by atoms with Gasteiger partial charge in [-0.3, -0.25) is 14.8 Å². The summed E-state index contributed by atoms with van der Waals surface area (Å²) in [5.74, 6) is 0.274. The van der Waals surface area contributed by atoms with E-state index in [9.17, 15) is 9.18 Å². The van der Waals surface area contributed by atoms with E-state index >= 15 is 0 Å². The number of aromatic nitrogens is 3. The number of piperazine rings is 1. The number of aromatic amines is 1. The van der Waals surface area contributed by atoms with Gasteiger partial charge in [0, 0.05) is 56.0 Å². The van der Waals surface area contributed by atoms with Gasteiger partial charge in [0.1, 0.15) is 17.1 Å². The maximum atomic E-state index is 13.7. The van der Waals surface area contributed by atoms with Gasteiger partial charge in [0.05, 0.1) is 24.5 Å². The fraction of sp³-hybridized carbons (Fsp3) is 0.478. The molecule has 1 aliphatic heterocycles. The zero-order chi connectivity index (χ0) is 22.3.